The van der Waals surface area contributed by atoms with E-state index in [2.05, 4.69) is 0 Å². The minimum atomic E-state index is 0.0375. The van der Waals surface area contributed by atoms with Crippen LogP contribution in [0.3, 0.4) is 0 Å². The van der Waals surface area contributed by atoms with Gasteiger partial charge in [0.1, 0.15) is 6.61 Å². The van der Waals surface area contributed by atoms with Crippen molar-refractivity contribution in [1.82, 2.24) is 0 Å². The van der Waals surface area contributed by atoms with Crippen molar-refractivity contribution in [2.45, 2.75) is 20.0 Å². The molecule has 0 amide bonds. The summed E-state index contributed by atoms with van der Waals surface area (Å²) in [5.41, 5.74) is 0.740. The topological polar surface area (TPSA) is 26.3 Å². The van der Waals surface area contributed by atoms with E-state index in [1.807, 2.05) is 56.3 Å². The summed E-state index contributed by atoms with van der Waals surface area (Å²) >= 11 is 0. The summed E-state index contributed by atoms with van der Waals surface area (Å²) in [5.74, 6) is 0.0375. The largest absolute Gasteiger partial charge is 0.371 e. The molecule has 0 saturated heterocycles. The molecule has 2 heteroatoms. The van der Waals surface area contributed by atoms with E-state index in [4.69, 9.17) is 4.74 Å². The summed E-state index contributed by atoms with van der Waals surface area (Å²) < 4.78 is 5.36. The zero-order valence-electron chi connectivity index (χ0n) is 10.1. The standard InChI is InChI=1S/C15H16O2/c1-11(2)17-10-15(16)14-9-5-7-12-6-3-4-8-13(12)14/h3-9,11H,10H2,1-2H3. The van der Waals surface area contributed by atoms with Gasteiger partial charge in [-0.25, -0.2) is 0 Å². The fourth-order valence-corrected chi connectivity index (χ4v) is 1.79. The van der Waals surface area contributed by atoms with Crippen LogP contribution in [0.25, 0.3) is 10.8 Å². The summed E-state index contributed by atoms with van der Waals surface area (Å²) in [6, 6.07) is 13.7. The molecular weight excluding hydrogens is 212 g/mol. The number of carbonyl (C=O) groups excluding carboxylic acids is 1. The quantitative estimate of drug-likeness (QED) is 0.749. The van der Waals surface area contributed by atoms with E-state index in [0.29, 0.717) is 0 Å². The second-order valence-electron chi connectivity index (χ2n) is 4.31. The highest BCUT2D eigenvalue weighted by Gasteiger charge is 2.10. The van der Waals surface area contributed by atoms with Crippen LogP contribution in [0.2, 0.25) is 0 Å². The van der Waals surface area contributed by atoms with Crippen LogP contribution in [0.4, 0.5) is 0 Å². The van der Waals surface area contributed by atoms with Gasteiger partial charge in [0.2, 0.25) is 0 Å². The lowest BCUT2D eigenvalue weighted by Gasteiger charge is -2.08. The van der Waals surface area contributed by atoms with Crippen LogP contribution in [0, 0.1) is 0 Å². The van der Waals surface area contributed by atoms with E-state index in [9.17, 15) is 4.79 Å². The smallest absolute Gasteiger partial charge is 0.189 e. The van der Waals surface area contributed by atoms with Gasteiger partial charge in [0.05, 0.1) is 6.10 Å². The van der Waals surface area contributed by atoms with Crippen molar-refractivity contribution in [2.75, 3.05) is 6.61 Å². The van der Waals surface area contributed by atoms with E-state index in [-0.39, 0.29) is 18.5 Å². The van der Waals surface area contributed by atoms with Crippen molar-refractivity contribution >= 4 is 16.6 Å². The number of fused-ring (bicyclic) bond motifs is 1. The number of ether oxygens (including phenoxy) is 1. The fourth-order valence-electron chi connectivity index (χ4n) is 1.79. The fraction of sp³-hybridized carbons (Fsp3) is 0.267. The Labute approximate surface area is 101 Å². The molecule has 0 N–H and O–H groups in total. The molecule has 17 heavy (non-hydrogen) atoms. The number of carbonyl (C=O) groups is 1. The number of ketones is 1. The van der Waals surface area contributed by atoms with Crippen molar-refractivity contribution < 1.29 is 9.53 Å². The SMILES string of the molecule is CC(C)OCC(=O)c1cccc2ccccc12. The molecule has 0 saturated carbocycles. The summed E-state index contributed by atoms with van der Waals surface area (Å²) in [4.78, 5) is 12.0. The van der Waals surface area contributed by atoms with E-state index >= 15 is 0 Å². The zero-order valence-corrected chi connectivity index (χ0v) is 10.1. The Morgan fingerprint density at radius 3 is 2.59 bits per heavy atom. The van der Waals surface area contributed by atoms with Gasteiger partial charge in [-0.3, -0.25) is 4.79 Å². The number of rotatable bonds is 4. The Balaban J connectivity index is 2.32. The maximum absolute atomic E-state index is 12.0. The Morgan fingerprint density at radius 2 is 1.82 bits per heavy atom. The third-order valence-corrected chi connectivity index (χ3v) is 2.64. The molecule has 0 unspecified atom stereocenters. The van der Waals surface area contributed by atoms with Gasteiger partial charge in [0.25, 0.3) is 0 Å². The minimum Gasteiger partial charge on any atom is -0.371 e. The molecule has 0 fully saturated rings. The van der Waals surface area contributed by atoms with Gasteiger partial charge in [-0.05, 0) is 24.6 Å². The number of benzene rings is 2. The molecule has 0 spiro atoms. The normalized spacial score (nSPS) is 11.0. The van der Waals surface area contributed by atoms with Gasteiger partial charge in [0.15, 0.2) is 5.78 Å². The maximum Gasteiger partial charge on any atom is 0.189 e. The van der Waals surface area contributed by atoms with Crippen molar-refractivity contribution in [3.63, 3.8) is 0 Å². The zero-order chi connectivity index (χ0) is 12.3. The molecule has 2 nitrogen and oxygen atoms in total. The molecule has 0 aliphatic heterocycles. The van der Waals surface area contributed by atoms with E-state index in [1.165, 1.54) is 0 Å². The third kappa shape index (κ3) is 2.71. The molecule has 2 aromatic rings. The molecule has 0 aliphatic rings. The summed E-state index contributed by atoms with van der Waals surface area (Å²) in [6.07, 6.45) is 0.0777. The van der Waals surface area contributed by atoms with Gasteiger partial charge < -0.3 is 4.74 Å². The number of Topliss-reactive ketones (excluding diaryl/α,β-unsaturated/α-hetero) is 1. The molecule has 0 aliphatic carbocycles. The molecule has 0 atom stereocenters. The first-order valence-corrected chi connectivity index (χ1v) is 5.81. The molecule has 0 heterocycles. The van der Waals surface area contributed by atoms with Crippen molar-refractivity contribution in [2.24, 2.45) is 0 Å². The number of hydrogen-bond acceptors (Lipinski definition) is 2. The Morgan fingerprint density at radius 1 is 1.12 bits per heavy atom. The molecule has 0 radical (unpaired) electrons. The van der Waals surface area contributed by atoms with Gasteiger partial charge in [-0.2, -0.15) is 0 Å². The van der Waals surface area contributed by atoms with Crippen LogP contribution >= 0.6 is 0 Å². The van der Waals surface area contributed by atoms with Crippen LogP contribution in [0.5, 0.6) is 0 Å². The van der Waals surface area contributed by atoms with Crippen LogP contribution in [-0.4, -0.2) is 18.5 Å². The van der Waals surface area contributed by atoms with Gasteiger partial charge in [-0.15, -0.1) is 0 Å². The maximum atomic E-state index is 12.0. The summed E-state index contributed by atoms with van der Waals surface area (Å²) in [5, 5.41) is 2.08. The molecule has 2 rings (SSSR count). The predicted octanol–water partition coefficient (Wildman–Crippen LogP) is 3.45. The van der Waals surface area contributed by atoms with Gasteiger partial charge in [0, 0.05) is 5.56 Å². The third-order valence-electron chi connectivity index (χ3n) is 2.64. The highest BCUT2D eigenvalue weighted by atomic mass is 16.5. The first-order chi connectivity index (χ1) is 8.18. The number of hydrogen-bond donors (Lipinski definition) is 0. The average molecular weight is 228 g/mol. The average Bonchev–Trinajstić information content (AvgIpc) is 2.35. The van der Waals surface area contributed by atoms with Crippen LogP contribution in [0.1, 0.15) is 24.2 Å². The molecule has 2 aromatic carbocycles. The Kier molecular flexibility index (Phi) is 3.55. The van der Waals surface area contributed by atoms with Crippen molar-refractivity contribution in [3.8, 4) is 0 Å². The van der Waals surface area contributed by atoms with E-state index in [1.54, 1.807) is 0 Å². The lowest BCUT2D eigenvalue weighted by molar-refractivity contribution is 0.0586. The Bertz CT molecular complexity index is 524. The lowest BCUT2D eigenvalue weighted by Crippen LogP contribution is -2.13. The van der Waals surface area contributed by atoms with Crippen molar-refractivity contribution in [3.05, 3.63) is 48.0 Å². The summed E-state index contributed by atoms with van der Waals surface area (Å²) in [6.45, 7) is 4.00. The van der Waals surface area contributed by atoms with Crippen LogP contribution in [-0.2, 0) is 4.74 Å². The Hall–Kier alpha value is -1.67. The van der Waals surface area contributed by atoms with Crippen LogP contribution < -0.4 is 0 Å². The summed E-state index contributed by atoms with van der Waals surface area (Å²) in [7, 11) is 0. The van der Waals surface area contributed by atoms with Gasteiger partial charge in [-0.1, -0.05) is 42.5 Å². The first kappa shape index (κ1) is 11.8. The van der Waals surface area contributed by atoms with Gasteiger partial charge >= 0.3 is 0 Å². The molecule has 88 valence electrons. The monoisotopic (exact) mass is 228 g/mol. The van der Waals surface area contributed by atoms with Crippen molar-refractivity contribution in [1.29, 1.82) is 0 Å². The molecule has 0 aromatic heterocycles. The highest BCUT2D eigenvalue weighted by molar-refractivity contribution is 6.08. The predicted molar refractivity (Wildman–Crippen MR) is 69.4 cm³/mol. The minimum absolute atomic E-state index is 0.0375. The van der Waals surface area contributed by atoms with E-state index < -0.39 is 0 Å². The second kappa shape index (κ2) is 5.11. The first-order valence-electron chi connectivity index (χ1n) is 5.81. The molecular formula is C15H16O2. The molecule has 0 bridgehead atoms. The highest BCUT2D eigenvalue weighted by Crippen LogP contribution is 2.19. The van der Waals surface area contributed by atoms with E-state index in [0.717, 1.165) is 16.3 Å². The lowest BCUT2D eigenvalue weighted by atomic mass is 10.0. The second-order valence-corrected chi connectivity index (χ2v) is 4.31. The van der Waals surface area contributed by atoms with Crippen LogP contribution in [0.15, 0.2) is 42.5 Å².